The summed E-state index contributed by atoms with van der Waals surface area (Å²) in [5, 5.41) is 1.16. The Kier molecular flexibility index (Phi) is 4.15. The van der Waals surface area contributed by atoms with Gasteiger partial charge in [0.1, 0.15) is 0 Å². The van der Waals surface area contributed by atoms with Gasteiger partial charge >= 0.3 is 5.97 Å². The fourth-order valence-electron chi connectivity index (χ4n) is 3.04. The Labute approximate surface area is 124 Å². The maximum Gasteiger partial charge on any atom is 0.309 e. The van der Waals surface area contributed by atoms with E-state index in [1.807, 2.05) is 12.3 Å². The SMILES string of the molecule is COC(=O)[C@H]1CCCN(Cc2ccc3ncccc3c2)C1. The van der Waals surface area contributed by atoms with Crippen molar-refractivity contribution in [1.29, 1.82) is 0 Å². The largest absolute Gasteiger partial charge is 0.469 e. The Morgan fingerprint density at radius 1 is 1.43 bits per heavy atom. The fraction of sp³-hybridized carbons (Fsp3) is 0.412. The Morgan fingerprint density at radius 2 is 2.33 bits per heavy atom. The highest BCUT2D eigenvalue weighted by molar-refractivity contribution is 5.78. The number of carbonyl (C=O) groups is 1. The Hall–Kier alpha value is -1.94. The summed E-state index contributed by atoms with van der Waals surface area (Å²) in [6.45, 7) is 2.70. The lowest BCUT2D eigenvalue weighted by atomic mass is 9.97. The fourth-order valence-corrected chi connectivity index (χ4v) is 3.04. The minimum Gasteiger partial charge on any atom is -0.469 e. The first-order chi connectivity index (χ1) is 10.3. The number of ether oxygens (including phenoxy) is 1. The Balaban J connectivity index is 1.71. The van der Waals surface area contributed by atoms with Gasteiger partial charge in [-0.3, -0.25) is 14.7 Å². The van der Waals surface area contributed by atoms with Crippen LogP contribution in [0.5, 0.6) is 0 Å². The maximum atomic E-state index is 11.7. The number of esters is 1. The monoisotopic (exact) mass is 284 g/mol. The predicted molar refractivity (Wildman–Crippen MR) is 81.8 cm³/mol. The van der Waals surface area contributed by atoms with E-state index in [0.29, 0.717) is 0 Å². The molecule has 110 valence electrons. The van der Waals surface area contributed by atoms with Gasteiger partial charge < -0.3 is 4.74 Å². The summed E-state index contributed by atoms with van der Waals surface area (Å²) in [7, 11) is 1.47. The molecule has 0 unspecified atom stereocenters. The summed E-state index contributed by atoms with van der Waals surface area (Å²) in [4.78, 5) is 18.4. The number of pyridine rings is 1. The third-order valence-electron chi connectivity index (χ3n) is 4.11. The molecule has 0 bridgehead atoms. The van der Waals surface area contributed by atoms with Crippen LogP contribution >= 0.6 is 0 Å². The molecule has 0 radical (unpaired) electrons. The van der Waals surface area contributed by atoms with Gasteiger partial charge in [-0.2, -0.15) is 0 Å². The van der Waals surface area contributed by atoms with E-state index in [0.717, 1.165) is 43.4 Å². The molecule has 0 aliphatic carbocycles. The van der Waals surface area contributed by atoms with Crippen molar-refractivity contribution in [3.63, 3.8) is 0 Å². The van der Waals surface area contributed by atoms with Crippen LogP contribution in [0.3, 0.4) is 0 Å². The lowest BCUT2D eigenvalue weighted by Crippen LogP contribution is -2.38. The van der Waals surface area contributed by atoms with Crippen LogP contribution in [0.1, 0.15) is 18.4 Å². The van der Waals surface area contributed by atoms with Crippen LogP contribution in [-0.4, -0.2) is 36.1 Å². The highest BCUT2D eigenvalue weighted by Gasteiger charge is 2.26. The number of carbonyl (C=O) groups excluding carboxylic acids is 1. The summed E-state index contributed by atoms with van der Waals surface area (Å²) in [6, 6.07) is 10.4. The molecule has 1 aromatic heterocycles. The van der Waals surface area contributed by atoms with Gasteiger partial charge in [-0.05, 0) is 43.1 Å². The van der Waals surface area contributed by atoms with Gasteiger partial charge in [0.25, 0.3) is 0 Å². The molecule has 2 heterocycles. The van der Waals surface area contributed by atoms with Crippen molar-refractivity contribution in [3.05, 3.63) is 42.1 Å². The molecular weight excluding hydrogens is 264 g/mol. The molecule has 0 amide bonds. The van der Waals surface area contributed by atoms with Crippen molar-refractivity contribution < 1.29 is 9.53 Å². The second-order valence-electron chi connectivity index (χ2n) is 5.63. The first kappa shape index (κ1) is 14.0. The smallest absolute Gasteiger partial charge is 0.309 e. The van der Waals surface area contributed by atoms with Crippen molar-refractivity contribution in [1.82, 2.24) is 9.88 Å². The molecule has 1 atom stereocenters. The molecule has 2 aromatic rings. The van der Waals surface area contributed by atoms with E-state index in [-0.39, 0.29) is 11.9 Å². The van der Waals surface area contributed by atoms with Crippen molar-refractivity contribution >= 4 is 16.9 Å². The first-order valence-electron chi connectivity index (χ1n) is 7.40. The summed E-state index contributed by atoms with van der Waals surface area (Å²) >= 11 is 0. The van der Waals surface area contributed by atoms with Crippen molar-refractivity contribution in [3.8, 4) is 0 Å². The van der Waals surface area contributed by atoms with E-state index >= 15 is 0 Å². The molecular formula is C17H20N2O2. The van der Waals surface area contributed by atoms with Gasteiger partial charge in [0.15, 0.2) is 0 Å². The number of methoxy groups -OCH3 is 1. The summed E-state index contributed by atoms with van der Waals surface area (Å²) in [5.74, 6) is -0.0618. The van der Waals surface area contributed by atoms with E-state index in [9.17, 15) is 4.79 Å². The lowest BCUT2D eigenvalue weighted by molar-refractivity contribution is -0.147. The third kappa shape index (κ3) is 3.22. The molecule has 1 aliphatic rings. The molecule has 0 N–H and O–H groups in total. The average Bonchev–Trinajstić information content (AvgIpc) is 2.54. The van der Waals surface area contributed by atoms with Gasteiger partial charge in [0, 0.05) is 24.7 Å². The van der Waals surface area contributed by atoms with Crippen LogP contribution < -0.4 is 0 Å². The molecule has 1 saturated heterocycles. The molecule has 21 heavy (non-hydrogen) atoms. The molecule has 1 aliphatic heterocycles. The van der Waals surface area contributed by atoms with Crippen molar-refractivity contribution in [2.75, 3.05) is 20.2 Å². The summed E-state index contributed by atoms with van der Waals surface area (Å²) in [5.41, 5.74) is 2.29. The maximum absolute atomic E-state index is 11.7. The average molecular weight is 284 g/mol. The third-order valence-corrected chi connectivity index (χ3v) is 4.11. The minimum atomic E-state index is -0.0811. The lowest BCUT2D eigenvalue weighted by Gasteiger charge is -2.31. The Bertz CT molecular complexity index is 641. The van der Waals surface area contributed by atoms with Crippen molar-refractivity contribution in [2.24, 2.45) is 5.92 Å². The van der Waals surface area contributed by atoms with E-state index in [2.05, 4.69) is 34.1 Å². The van der Waals surface area contributed by atoms with Gasteiger partial charge in [0.2, 0.25) is 0 Å². The van der Waals surface area contributed by atoms with Crippen LogP contribution in [0.25, 0.3) is 10.9 Å². The number of hydrogen-bond donors (Lipinski definition) is 0. The number of rotatable bonds is 3. The quantitative estimate of drug-likeness (QED) is 0.813. The zero-order valence-electron chi connectivity index (χ0n) is 12.3. The molecule has 1 fully saturated rings. The summed E-state index contributed by atoms with van der Waals surface area (Å²) < 4.78 is 4.87. The van der Waals surface area contributed by atoms with Gasteiger partial charge in [-0.15, -0.1) is 0 Å². The second-order valence-corrected chi connectivity index (χ2v) is 5.63. The van der Waals surface area contributed by atoms with E-state index in [1.165, 1.54) is 12.7 Å². The predicted octanol–water partition coefficient (Wildman–Crippen LogP) is 2.62. The molecule has 3 rings (SSSR count). The van der Waals surface area contributed by atoms with Crippen LogP contribution in [0, 0.1) is 5.92 Å². The molecule has 4 heteroatoms. The number of hydrogen-bond acceptors (Lipinski definition) is 4. The Morgan fingerprint density at radius 3 is 3.19 bits per heavy atom. The number of nitrogens with zero attached hydrogens (tertiary/aromatic N) is 2. The van der Waals surface area contributed by atoms with Crippen LogP contribution in [0.4, 0.5) is 0 Å². The highest BCUT2D eigenvalue weighted by atomic mass is 16.5. The molecule has 1 aromatic carbocycles. The summed E-state index contributed by atoms with van der Waals surface area (Å²) in [6.07, 6.45) is 3.80. The first-order valence-corrected chi connectivity index (χ1v) is 7.40. The normalized spacial score (nSPS) is 19.6. The van der Waals surface area contributed by atoms with E-state index in [1.54, 1.807) is 0 Å². The molecule has 4 nitrogen and oxygen atoms in total. The minimum absolute atomic E-state index is 0.0193. The number of aromatic nitrogens is 1. The number of likely N-dealkylation sites (tertiary alicyclic amines) is 1. The number of piperidine rings is 1. The second kappa shape index (κ2) is 6.22. The van der Waals surface area contributed by atoms with Crippen LogP contribution in [0.2, 0.25) is 0 Å². The highest BCUT2D eigenvalue weighted by Crippen LogP contribution is 2.21. The van der Waals surface area contributed by atoms with Gasteiger partial charge in [-0.1, -0.05) is 12.1 Å². The zero-order valence-corrected chi connectivity index (χ0v) is 12.3. The van der Waals surface area contributed by atoms with Gasteiger partial charge in [0.05, 0.1) is 18.5 Å². The standard InChI is InChI=1S/C17H20N2O2/c1-21-17(20)15-5-3-9-19(12-15)11-13-6-7-16-14(10-13)4-2-8-18-16/h2,4,6-8,10,15H,3,5,9,11-12H2,1H3/t15-/m0/s1. The van der Waals surface area contributed by atoms with Crippen LogP contribution in [0.15, 0.2) is 36.5 Å². The van der Waals surface area contributed by atoms with Crippen LogP contribution in [-0.2, 0) is 16.1 Å². The van der Waals surface area contributed by atoms with E-state index < -0.39 is 0 Å². The number of fused-ring (bicyclic) bond motifs is 1. The van der Waals surface area contributed by atoms with Gasteiger partial charge in [-0.25, -0.2) is 0 Å². The molecule has 0 saturated carbocycles. The van der Waals surface area contributed by atoms with E-state index in [4.69, 9.17) is 4.74 Å². The zero-order chi connectivity index (χ0) is 14.7. The molecule has 0 spiro atoms. The van der Waals surface area contributed by atoms with Crippen molar-refractivity contribution in [2.45, 2.75) is 19.4 Å². The number of benzene rings is 1. The topological polar surface area (TPSA) is 42.4 Å².